The molecule has 0 radical (unpaired) electrons. The summed E-state index contributed by atoms with van der Waals surface area (Å²) in [6, 6.07) is 11.8. The van der Waals surface area contributed by atoms with Crippen LogP contribution >= 0.6 is 46.4 Å². The van der Waals surface area contributed by atoms with Gasteiger partial charge in [-0.1, -0.05) is 41.4 Å². The van der Waals surface area contributed by atoms with Crippen molar-refractivity contribution in [2.75, 3.05) is 6.26 Å². The van der Waals surface area contributed by atoms with Crippen molar-refractivity contribution in [3.63, 3.8) is 0 Å². The molecule has 2 rings (SSSR count). The van der Waals surface area contributed by atoms with Gasteiger partial charge in [-0.15, -0.1) is 23.2 Å². The molecule has 0 fully saturated rings. The van der Waals surface area contributed by atoms with Crippen LogP contribution in [0.15, 0.2) is 47.4 Å². The number of hydrogen-bond donors (Lipinski definition) is 0. The molecule has 0 aliphatic rings. The van der Waals surface area contributed by atoms with Crippen LogP contribution < -0.4 is 0 Å². The monoisotopic (exact) mass is 396 g/mol. The fourth-order valence-corrected chi connectivity index (χ4v) is 4.17. The van der Waals surface area contributed by atoms with Crippen LogP contribution in [0.5, 0.6) is 0 Å². The van der Waals surface area contributed by atoms with Gasteiger partial charge in [-0.2, -0.15) is 0 Å². The van der Waals surface area contributed by atoms with Gasteiger partial charge in [0.05, 0.1) is 9.92 Å². The van der Waals surface area contributed by atoms with E-state index in [1.165, 1.54) is 12.1 Å². The van der Waals surface area contributed by atoms with Crippen LogP contribution in [0.1, 0.15) is 17.0 Å². The van der Waals surface area contributed by atoms with Crippen molar-refractivity contribution < 1.29 is 8.42 Å². The zero-order valence-corrected chi connectivity index (χ0v) is 15.3. The smallest absolute Gasteiger partial charge is 0.177 e. The molecule has 0 aliphatic carbocycles. The predicted octanol–water partition coefficient (Wildman–Crippen LogP) is 5.33. The van der Waals surface area contributed by atoms with Crippen molar-refractivity contribution in [3.8, 4) is 0 Å². The summed E-state index contributed by atoms with van der Waals surface area (Å²) >= 11 is 24.1. The van der Waals surface area contributed by atoms with Crippen LogP contribution in [0.25, 0.3) is 0 Å². The Labute approximate surface area is 149 Å². The molecule has 0 N–H and O–H groups in total. The molecule has 0 bridgehead atoms. The van der Waals surface area contributed by atoms with E-state index in [1.807, 2.05) is 0 Å². The topological polar surface area (TPSA) is 34.1 Å². The summed E-state index contributed by atoms with van der Waals surface area (Å²) in [6.45, 7) is 0. The molecule has 0 amide bonds. The lowest BCUT2D eigenvalue weighted by Crippen LogP contribution is -2.10. The Morgan fingerprint density at radius 1 is 0.909 bits per heavy atom. The summed E-state index contributed by atoms with van der Waals surface area (Å²) in [7, 11) is -3.44. The number of hydrogen-bond acceptors (Lipinski definition) is 2. The average molecular weight is 398 g/mol. The highest BCUT2D eigenvalue weighted by atomic mass is 35.5. The fraction of sp³-hybridized carbons (Fsp3) is 0.200. The quantitative estimate of drug-likeness (QED) is 0.653. The molecule has 0 aromatic heterocycles. The van der Waals surface area contributed by atoms with Crippen molar-refractivity contribution >= 4 is 56.2 Å². The van der Waals surface area contributed by atoms with Crippen molar-refractivity contribution in [2.45, 2.75) is 15.6 Å². The Balaban J connectivity index is 2.57. The number of rotatable bonds is 4. The molecule has 2 nitrogen and oxygen atoms in total. The van der Waals surface area contributed by atoms with Crippen LogP contribution in [0.2, 0.25) is 10.0 Å². The third-order valence-corrected chi connectivity index (χ3v) is 5.53. The van der Waals surface area contributed by atoms with Crippen molar-refractivity contribution in [1.29, 1.82) is 0 Å². The molecule has 7 heteroatoms. The van der Waals surface area contributed by atoms with E-state index in [9.17, 15) is 8.42 Å². The number of sulfone groups is 1. The fourth-order valence-electron chi connectivity index (χ4n) is 2.15. The van der Waals surface area contributed by atoms with Crippen molar-refractivity contribution in [3.05, 3.63) is 63.6 Å². The molecular formula is C15H12Cl4O2S. The molecule has 1 atom stereocenters. The molecule has 0 saturated heterocycles. The Bertz CT molecular complexity index is 771. The van der Waals surface area contributed by atoms with Crippen LogP contribution in [0, 0.1) is 0 Å². The summed E-state index contributed by atoms with van der Waals surface area (Å²) in [6.07, 6.45) is 1.11. The molecule has 2 aromatic rings. The first-order valence-corrected chi connectivity index (χ1v) is 9.75. The molecule has 2 aromatic carbocycles. The van der Waals surface area contributed by atoms with Crippen LogP contribution in [0.4, 0.5) is 0 Å². The maximum Gasteiger partial charge on any atom is 0.177 e. The highest BCUT2D eigenvalue weighted by Gasteiger charge is 2.24. The summed E-state index contributed by atoms with van der Waals surface area (Å²) in [4.78, 5) is -0.700. The van der Waals surface area contributed by atoms with Gasteiger partial charge in [0.2, 0.25) is 0 Å². The Morgan fingerprint density at radius 2 is 1.45 bits per heavy atom. The zero-order valence-electron chi connectivity index (χ0n) is 11.4. The molecule has 0 aliphatic heterocycles. The summed E-state index contributed by atoms with van der Waals surface area (Å²) in [5.74, 6) is -0.390. The van der Waals surface area contributed by atoms with Crippen molar-refractivity contribution in [1.82, 2.24) is 0 Å². The first kappa shape index (κ1) is 17.9. The van der Waals surface area contributed by atoms with Gasteiger partial charge in [0.15, 0.2) is 9.84 Å². The zero-order chi connectivity index (χ0) is 16.5. The Morgan fingerprint density at radius 3 is 1.95 bits per heavy atom. The van der Waals surface area contributed by atoms with Gasteiger partial charge in [0, 0.05) is 17.2 Å². The minimum Gasteiger partial charge on any atom is -0.224 e. The summed E-state index contributed by atoms with van der Waals surface area (Å²) in [5.41, 5.74) is 1.50. The molecule has 22 heavy (non-hydrogen) atoms. The Kier molecular flexibility index (Phi) is 5.68. The third-order valence-electron chi connectivity index (χ3n) is 3.19. The maximum atomic E-state index is 11.8. The second kappa shape index (κ2) is 6.98. The van der Waals surface area contributed by atoms with Gasteiger partial charge >= 0.3 is 0 Å². The molecule has 0 saturated carbocycles. The van der Waals surface area contributed by atoms with Gasteiger partial charge in [-0.3, -0.25) is 0 Å². The lowest BCUT2D eigenvalue weighted by atomic mass is 9.93. The molecule has 118 valence electrons. The van der Waals surface area contributed by atoms with E-state index in [-0.39, 0.29) is 9.92 Å². The van der Waals surface area contributed by atoms with Gasteiger partial charge < -0.3 is 0 Å². The van der Waals surface area contributed by atoms with E-state index < -0.39 is 20.6 Å². The number of alkyl halides is 2. The highest BCUT2D eigenvalue weighted by molar-refractivity contribution is 7.90. The molecule has 0 heterocycles. The minimum absolute atomic E-state index is 0.0552. The normalized spacial score (nSPS) is 13.4. The van der Waals surface area contributed by atoms with Gasteiger partial charge in [-0.05, 0) is 35.4 Å². The molecule has 1 unspecified atom stereocenters. The summed E-state index contributed by atoms with van der Waals surface area (Å²) < 4.78 is 23.6. The van der Waals surface area contributed by atoms with E-state index in [0.29, 0.717) is 10.6 Å². The lowest BCUT2D eigenvalue weighted by Gasteiger charge is -2.20. The third kappa shape index (κ3) is 4.09. The first-order chi connectivity index (χ1) is 10.2. The average Bonchev–Trinajstić information content (AvgIpc) is 2.41. The highest BCUT2D eigenvalue weighted by Crippen LogP contribution is 2.36. The lowest BCUT2D eigenvalue weighted by molar-refractivity contribution is 0.601. The van der Waals surface area contributed by atoms with E-state index >= 15 is 0 Å². The van der Waals surface area contributed by atoms with Crippen LogP contribution in [-0.2, 0) is 9.84 Å². The maximum absolute atomic E-state index is 11.8. The molecular weight excluding hydrogens is 386 g/mol. The largest absolute Gasteiger partial charge is 0.224 e. The van der Waals surface area contributed by atoms with Crippen molar-refractivity contribution in [2.24, 2.45) is 0 Å². The Hall–Kier alpha value is -0.450. The van der Waals surface area contributed by atoms with Gasteiger partial charge in [-0.25, -0.2) is 8.42 Å². The second-order valence-corrected chi connectivity index (χ2v) is 8.82. The number of benzene rings is 2. The van der Waals surface area contributed by atoms with Crippen LogP contribution in [-0.4, -0.2) is 19.5 Å². The number of halogens is 4. The van der Waals surface area contributed by atoms with E-state index in [4.69, 9.17) is 46.4 Å². The molecule has 0 spiro atoms. The standard InChI is InChI=1S/C15H12Cl4O2S/c1-22(20,21)13-8-10(4-7-12(13)17)14(15(18)19)9-2-5-11(16)6-3-9/h2-8,14-15H,1H3. The second-order valence-electron chi connectivity index (χ2n) is 4.83. The minimum atomic E-state index is -3.44. The SMILES string of the molecule is CS(=O)(=O)c1cc(C(c2ccc(Cl)cc2)C(Cl)Cl)ccc1Cl. The first-order valence-electron chi connectivity index (χ1n) is 6.23. The van der Waals surface area contributed by atoms with E-state index in [2.05, 4.69) is 0 Å². The van der Waals surface area contributed by atoms with Crippen LogP contribution in [0.3, 0.4) is 0 Å². The van der Waals surface area contributed by atoms with Gasteiger partial charge in [0.25, 0.3) is 0 Å². The van der Waals surface area contributed by atoms with Gasteiger partial charge in [0.1, 0.15) is 4.84 Å². The van der Waals surface area contributed by atoms with E-state index in [1.54, 1.807) is 30.3 Å². The van der Waals surface area contributed by atoms with E-state index in [0.717, 1.165) is 11.8 Å². The summed E-state index contributed by atoms with van der Waals surface area (Å²) in [5, 5.41) is 0.762. The predicted molar refractivity (Wildman–Crippen MR) is 93.4 cm³/mol.